The van der Waals surface area contributed by atoms with Crippen LogP contribution >= 0.6 is 23.2 Å². The number of carbonyl (C=O) groups excluding carboxylic acids is 3. The van der Waals surface area contributed by atoms with Gasteiger partial charge in [0.25, 0.3) is 0 Å². The first-order chi connectivity index (χ1) is 14.4. The lowest BCUT2D eigenvalue weighted by Crippen LogP contribution is -2.27. The van der Waals surface area contributed by atoms with Gasteiger partial charge >= 0.3 is 11.9 Å². The Morgan fingerprint density at radius 3 is 2.10 bits per heavy atom. The van der Waals surface area contributed by atoms with Crippen LogP contribution in [-0.4, -0.2) is 35.9 Å². The highest BCUT2D eigenvalue weighted by molar-refractivity contribution is 6.45. The predicted octanol–water partition coefficient (Wildman–Crippen LogP) is 4.92. The maximum absolute atomic E-state index is 13.3. The first-order valence-corrected chi connectivity index (χ1v) is 10.1. The topological polar surface area (TPSA) is 85.5 Å². The number of ketones is 1. The number of ether oxygens (including phenoxy) is 2. The molecule has 0 radical (unpaired) electrons. The van der Waals surface area contributed by atoms with Gasteiger partial charge in [0.15, 0.2) is 5.92 Å². The molecular formula is C22H19Cl2NO5. The molecule has 3 aromatic rings. The standard InChI is InChI=1S/C22H19Cl2NO5/c1-3-29-21(27)17(22(28)30-4-2)16-15-14(11-10-13(23)18(15)24)25-19(16)20(26)12-8-6-5-7-9-12/h5-11,17,25H,3-4H2,1-2H3. The number of fused-ring (bicyclic) bond motifs is 1. The maximum atomic E-state index is 13.3. The third-order valence-corrected chi connectivity index (χ3v) is 5.29. The first kappa shape index (κ1) is 21.9. The molecule has 8 heteroatoms. The van der Waals surface area contributed by atoms with Crippen LogP contribution in [0.5, 0.6) is 0 Å². The highest BCUT2D eigenvalue weighted by Gasteiger charge is 2.38. The molecule has 3 rings (SSSR count). The van der Waals surface area contributed by atoms with E-state index in [1.165, 1.54) is 0 Å². The van der Waals surface area contributed by atoms with Gasteiger partial charge in [-0.2, -0.15) is 0 Å². The summed E-state index contributed by atoms with van der Waals surface area (Å²) >= 11 is 12.6. The minimum Gasteiger partial charge on any atom is -0.465 e. The van der Waals surface area contributed by atoms with E-state index < -0.39 is 23.6 Å². The monoisotopic (exact) mass is 447 g/mol. The van der Waals surface area contributed by atoms with Crippen molar-refractivity contribution in [3.8, 4) is 0 Å². The van der Waals surface area contributed by atoms with Crippen molar-refractivity contribution in [1.82, 2.24) is 4.98 Å². The number of benzene rings is 2. The zero-order valence-corrected chi connectivity index (χ0v) is 17.8. The van der Waals surface area contributed by atoms with E-state index in [1.54, 1.807) is 56.3 Å². The molecular weight excluding hydrogens is 429 g/mol. The summed E-state index contributed by atoms with van der Waals surface area (Å²) in [7, 11) is 0. The Labute approximate surface area is 183 Å². The first-order valence-electron chi connectivity index (χ1n) is 9.33. The van der Waals surface area contributed by atoms with Crippen molar-refractivity contribution in [3.05, 3.63) is 69.3 Å². The average molecular weight is 448 g/mol. The molecule has 156 valence electrons. The van der Waals surface area contributed by atoms with Gasteiger partial charge in [0, 0.05) is 22.0 Å². The lowest BCUT2D eigenvalue weighted by molar-refractivity contribution is -0.156. The zero-order valence-electron chi connectivity index (χ0n) is 16.3. The van der Waals surface area contributed by atoms with Gasteiger partial charge in [-0.25, -0.2) is 0 Å². The van der Waals surface area contributed by atoms with Crippen LogP contribution in [-0.2, 0) is 19.1 Å². The van der Waals surface area contributed by atoms with Crippen molar-refractivity contribution in [2.75, 3.05) is 13.2 Å². The van der Waals surface area contributed by atoms with Gasteiger partial charge in [-0.3, -0.25) is 14.4 Å². The number of esters is 2. The number of hydrogen-bond donors (Lipinski definition) is 1. The van der Waals surface area contributed by atoms with Crippen molar-refractivity contribution < 1.29 is 23.9 Å². The summed E-state index contributed by atoms with van der Waals surface area (Å²) in [6.07, 6.45) is 0. The highest BCUT2D eigenvalue weighted by atomic mass is 35.5. The number of halogens is 2. The van der Waals surface area contributed by atoms with Gasteiger partial charge in [0.2, 0.25) is 5.78 Å². The molecule has 0 bridgehead atoms. The summed E-state index contributed by atoms with van der Waals surface area (Å²) < 4.78 is 10.2. The van der Waals surface area contributed by atoms with Crippen LogP contribution in [0.3, 0.4) is 0 Å². The Morgan fingerprint density at radius 2 is 1.53 bits per heavy atom. The van der Waals surface area contributed by atoms with E-state index >= 15 is 0 Å². The molecule has 0 spiro atoms. The second-order valence-electron chi connectivity index (χ2n) is 6.33. The number of carbonyl (C=O) groups is 3. The Balaban J connectivity index is 2.33. The molecule has 2 aromatic carbocycles. The van der Waals surface area contributed by atoms with Gasteiger partial charge in [-0.15, -0.1) is 0 Å². The highest BCUT2D eigenvalue weighted by Crippen LogP contribution is 2.39. The maximum Gasteiger partial charge on any atom is 0.324 e. The molecule has 0 aliphatic carbocycles. The second kappa shape index (κ2) is 9.32. The average Bonchev–Trinajstić information content (AvgIpc) is 3.11. The van der Waals surface area contributed by atoms with Crippen molar-refractivity contribution >= 4 is 51.8 Å². The summed E-state index contributed by atoms with van der Waals surface area (Å²) in [5, 5.41) is 0.635. The van der Waals surface area contributed by atoms with Gasteiger partial charge in [0.05, 0.1) is 29.0 Å². The summed E-state index contributed by atoms with van der Waals surface area (Å²) in [4.78, 5) is 41.9. The number of hydrogen-bond acceptors (Lipinski definition) is 5. The Kier molecular flexibility index (Phi) is 6.80. The third-order valence-electron chi connectivity index (χ3n) is 4.49. The lowest BCUT2D eigenvalue weighted by atomic mass is 9.92. The van der Waals surface area contributed by atoms with Gasteiger partial charge in [-0.1, -0.05) is 53.5 Å². The van der Waals surface area contributed by atoms with Crippen molar-refractivity contribution in [2.24, 2.45) is 0 Å². The molecule has 0 aliphatic rings. The number of aromatic amines is 1. The summed E-state index contributed by atoms with van der Waals surface area (Å²) in [6, 6.07) is 11.7. The molecule has 1 heterocycles. The molecule has 0 saturated heterocycles. The molecule has 6 nitrogen and oxygen atoms in total. The van der Waals surface area contributed by atoms with E-state index in [9.17, 15) is 14.4 Å². The molecule has 0 unspecified atom stereocenters. The fourth-order valence-electron chi connectivity index (χ4n) is 3.23. The largest absolute Gasteiger partial charge is 0.465 e. The lowest BCUT2D eigenvalue weighted by Gasteiger charge is -2.16. The number of H-pyrrole nitrogens is 1. The third kappa shape index (κ3) is 4.06. The van der Waals surface area contributed by atoms with E-state index in [2.05, 4.69) is 4.98 Å². The van der Waals surface area contributed by atoms with E-state index in [-0.39, 0.29) is 34.5 Å². The van der Waals surface area contributed by atoms with Crippen LogP contribution in [0.4, 0.5) is 0 Å². The van der Waals surface area contributed by atoms with Gasteiger partial charge in [-0.05, 0) is 26.0 Å². The van der Waals surface area contributed by atoms with Crippen molar-refractivity contribution in [2.45, 2.75) is 19.8 Å². The Hall–Kier alpha value is -2.83. The fraction of sp³-hybridized carbons (Fsp3) is 0.227. The van der Waals surface area contributed by atoms with Crippen LogP contribution in [0.2, 0.25) is 10.0 Å². The normalized spacial score (nSPS) is 11.0. The van der Waals surface area contributed by atoms with E-state index in [4.69, 9.17) is 32.7 Å². The SMILES string of the molecule is CCOC(=O)C(C(=O)OCC)c1c(C(=O)c2ccccc2)[nH]c2ccc(Cl)c(Cl)c12. The molecule has 1 aromatic heterocycles. The van der Waals surface area contributed by atoms with Crippen molar-refractivity contribution in [1.29, 1.82) is 0 Å². The van der Waals surface area contributed by atoms with Crippen molar-refractivity contribution in [3.63, 3.8) is 0 Å². The molecule has 30 heavy (non-hydrogen) atoms. The number of aromatic nitrogens is 1. The molecule has 0 fully saturated rings. The second-order valence-corrected chi connectivity index (χ2v) is 7.12. The zero-order chi connectivity index (χ0) is 21.8. The van der Waals surface area contributed by atoms with E-state index in [1.807, 2.05) is 0 Å². The smallest absolute Gasteiger partial charge is 0.324 e. The van der Waals surface area contributed by atoms with E-state index in [0.717, 1.165) is 0 Å². The number of nitrogens with one attached hydrogen (secondary N) is 1. The van der Waals surface area contributed by atoms with Crippen LogP contribution in [0, 0.1) is 0 Å². The van der Waals surface area contributed by atoms with E-state index in [0.29, 0.717) is 16.5 Å². The van der Waals surface area contributed by atoms with Crippen LogP contribution in [0.15, 0.2) is 42.5 Å². The van der Waals surface area contributed by atoms with Crippen LogP contribution in [0.25, 0.3) is 10.9 Å². The quantitative estimate of drug-likeness (QED) is 0.315. The fourth-order valence-corrected chi connectivity index (χ4v) is 3.65. The molecule has 0 saturated carbocycles. The van der Waals surface area contributed by atoms with Crippen LogP contribution in [0.1, 0.15) is 41.4 Å². The molecule has 0 atom stereocenters. The van der Waals surface area contributed by atoms with Crippen LogP contribution < -0.4 is 0 Å². The summed E-state index contributed by atoms with van der Waals surface area (Å²) in [6.45, 7) is 3.34. The summed E-state index contributed by atoms with van der Waals surface area (Å²) in [5.74, 6) is -3.59. The minimum absolute atomic E-state index is 0.0477. The van der Waals surface area contributed by atoms with Gasteiger partial charge < -0.3 is 14.5 Å². The molecule has 0 amide bonds. The van der Waals surface area contributed by atoms with Gasteiger partial charge in [0.1, 0.15) is 0 Å². The summed E-state index contributed by atoms with van der Waals surface area (Å²) in [5.41, 5.74) is 0.964. The Bertz CT molecular complexity index is 1090. The Morgan fingerprint density at radius 1 is 0.933 bits per heavy atom. The predicted molar refractivity (Wildman–Crippen MR) is 114 cm³/mol. The number of rotatable bonds is 7. The molecule has 1 N–H and O–H groups in total. The molecule has 0 aliphatic heterocycles. The minimum atomic E-state index is -1.50.